The lowest BCUT2D eigenvalue weighted by Crippen LogP contribution is -2.11. The van der Waals surface area contributed by atoms with Crippen molar-refractivity contribution in [2.24, 2.45) is 11.7 Å². The first-order chi connectivity index (χ1) is 9.17. The second-order valence-electron chi connectivity index (χ2n) is 5.15. The molecule has 0 amide bonds. The first-order valence-electron chi connectivity index (χ1n) is 6.74. The maximum atomic E-state index is 5.59. The second-order valence-corrected chi connectivity index (χ2v) is 5.15. The van der Waals surface area contributed by atoms with E-state index in [1.54, 1.807) is 0 Å². The molecule has 0 saturated heterocycles. The lowest BCUT2D eigenvalue weighted by atomic mass is 10.1. The van der Waals surface area contributed by atoms with Gasteiger partial charge in [-0.25, -0.2) is 0 Å². The van der Waals surface area contributed by atoms with Gasteiger partial charge in [0.1, 0.15) is 0 Å². The molecule has 4 heteroatoms. The molecular formula is C15H21N3O. The van der Waals surface area contributed by atoms with Crippen LogP contribution in [0.3, 0.4) is 0 Å². The fourth-order valence-corrected chi connectivity index (χ4v) is 1.96. The van der Waals surface area contributed by atoms with Gasteiger partial charge in [0.15, 0.2) is 5.82 Å². The third-order valence-corrected chi connectivity index (χ3v) is 3.21. The number of nitrogens with two attached hydrogens (primary N) is 1. The van der Waals surface area contributed by atoms with Crippen molar-refractivity contribution in [1.82, 2.24) is 10.1 Å². The van der Waals surface area contributed by atoms with Crippen LogP contribution in [-0.2, 0) is 12.8 Å². The number of aryl methyl sites for hydroxylation is 2. The summed E-state index contributed by atoms with van der Waals surface area (Å²) in [5.74, 6) is 1.95. The molecule has 1 aromatic heterocycles. The molecule has 0 radical (unpaired) electrons. The Morgan fingerprint density at radius 1 is 1.37 bits per heavy atom. The largest absolute Gasteiger partial charge is 0.339 e. The highest BCUT2D eigenvalue weighted by atomic mass is 16.5. The molecule has 19 heavy (non-hydrogen) atoms. The van der Waals surface area contributed by atoms with Crippen LogP contribution < -0.4 is 5.73 Å². The predicted molar refractivity (Wildman–Crippen MR) is 74.8 cm³/mol. The summed E-state index contributed by atoms with van der Waals surface area (Å²) < 4.78 is 5.26. The Balaban J connectivity index is 1.94. The van der Waals surface area contributed by atoms with Crippen molar-refractivity contribution in [3.05, 3.63) is 47.1 Å². The Labute approximate surface area is 114 Å². The Bertz CT molecular complexity index is 522. The summed E-state index contributed by atoms with van der Waals surface area (Å²) >= 11 is 0. The summed E-state index contributed by atoms with van der Waals surface area (Å²) in [6, 6.07) is 8.36. The van der Waals surface area contributed by atoms with Crippen molar-refractivity contribution in [3.8, 4) is 0 Å². The first-order valence-corrected chi connectivity index (χ1v) is 6.74. The molecule has 1 atom stereocenters. The molecule has 0 aliphatic carbocycles. The molecule has 0 saturated carbocycles. The molecule has 4 nitrogen and oxygen atoms in total. The van der Waals surface area contributed by atoms with Crippen molar-refractivity contribution in [3.63, 3.8) is 0 Å². The van der Waals surface area contributed by atoms with Gasteiger partial charge in [-0.1, -0.05) is 41.9 Å². The summed E-state index contributed by atoms with van der Waals surface area (Å²) in [5.41, 5.74) is 8.05. The lowest BCUT2D eigenvalue weighted by molar-refractivity contribution is 0.362. The van der Waals surface area contributed by atoms with Crippen LogP contribution in [0.2, 0.25) is 0 Å². The third-order valence-electron chi connectivity index (χ3n) is 3.21. The van der Waals surface area contributed by atoms with Gasteiger partial charge in [-0.2, -0.15) is 4.98 Å². The summed E-state index contributed by atoms with van der Waals surface area (Å²) in [5, 5.41) is 4.03. The summed E-state index contributed by atoms with van der Waals surface area (Å²) in [6.07, 6.45) is 2.51. The number of hydrogen-bond donors (Lipinski definition) is 1. The molecule has 0 spiro atoms. The molecule has 0 aliphatic rings. The van der Waals surface area contributed by atoms with Gasteiger partial charge in [-0.15, -0.1) is 0 Å². The molecule has 0 fully saturated rings. The minimum Gasteiger partial charge on any atom is -0.339 e. The zero-order valence-electron chi connectivity index (χ0n) is 11.6. The van der Waals surface area contributed by atoms with Crippen molar-refractivity contribution in [1.29, 1.82) is 0 Å². The minimum absolute atomic E-state index is 0.493. The number of rotatable bonds is 6. The quantitative estimate of drug-likeness (QED) is 0.865. The zero-order valence-corrected chi connectivity index (χ0v) is 11.6. The molecule has 1 heterocycles. The highest BCUT2D eigenvalue weighted by Gasteiger charge is 2.09. The van der Waals surface area contributed by atoms with Crippen LogP contribution in [0.4, 0.5) is 0 Å². The van der Waals surface area contributed by atoms with Crippen LogP contribution in [-0.4, -0.2) is 16.7 Å². The third kappa shape index (κ3) is 4.17. The molecule has 2 aromatic rings. The minimum atomic E-state index is 0.493. The standard InChI is InChI=1S/C15H21N3O/c1-11-4-3-5-13(8-11)9-14-17-15(19-18-14)7-6-12(2)10-16/h3-5,8,12H,6-7,9-10,16H2,1-2H3. The SMILES string of the molecule is Cc1cccc(Cc2noc(CCC(C)CN)n2)c1. The highest BCUT2D eigenvalue weighted by Crippen LogP contribution is 2.11. The molecule has 0 aliphatic heterocycles. The van der Waals surface area contributed by atoms with Crippen molar-refractivity contribution >= 4 is 0 Å². The van der Waals surface area contributed by atoms with Crippen molar-refractivity contribution < 1.29 is 4.52 Å². The maximum absolute atomic E-state index is 5.59. The molecule has 1 aromatic carbocycles. The number of hydrogen-bond acceptors (Lipinski definition) is 4. The van der Waals surface area contributed by atoms with E-state index < -0.39 is 0 Å². The van der Waals surface area contributed by atoms with E-state index in [0.29, 0.717) is 18.4 Å². The fraction of sp³-hybridized carbons (Fsp3) is 0.467. The van der Waals surface area contributed by atoms with Crippen molar-refractivity contribution in [2.45, 2.75) is 33.1 Å². The predicted octanol–water partition coefficient (Wildman–Crippen LogP) is 2.50. The summed E-state index contributed by atoms with van der Waals surface area (Å²) in [7, 11) is 0. The highest BCUT2D eigenvalue weighted by molar-refractivity contribution is 5.24. The van der Waals surface area contributed by atoms with E-state index in [0.717, 1.165) is 25.1 Å². The van der Waals surface area contributed by atoms with E-state index in [2.05, 4.69) is 48.3 Å². The van der Waals surface area contributed by atoms with E-state index in [1.807, 2.05) is 0 Å². The van der Waals surface area contributed by atoms with Crippen molar-refractivity contribution in [2.75, 3.05) is 6.54 Å². The van der Waals surface area contributed by atoms with Gasteiger partial charge in [0.05, 0.1) is 0 Å². The van der Waals surface area contributed by atoms with E-state index in [-0.39, 0.29) is 0 Å². The van der Waals surface area contributed by atoms with Crippen LogP contribution in [0, 0.1) is 12.8 Å². The van der Waals surface area contributed by atoms with Gasteiger partial charge < -0.3 is 10.3 Å². The lowest BCUT2D eigenvalue weighted by Gasteiger charge is -2.03. The van der Waals surface area contributed by atoms with Crippen LogP contribution in [0.25, 0.3) is 0 Å². The van der Waals surface area contributed by atoms with Crippen LogP contribution in [0.1, 0.15) is 36.2 Å². The van der Waals surface area contributed by atoms with Crippen LogP contribution in [0.5, 0.6) is 0 Å². The summed E-state index contributed by atoms with van der Waals surface area (Å²) in [4.78, 5) is 4.42. The molecular weight excluding hydrogens is 238 g/mol. The Morgan fingerprint density at radius 2 is 2.21 bits per heavy atom. The van der Waals surface area contributed by atoms with Crippen LogP contribution in [0.15, 0.2) is 28.8 Å². The van der Waals surface area contributed by atoms with E-state index in [9.17, 15) is 0 Å². The molecule has 2 N–H and O–H groups in total. The first kappa shape index (κ1) is 13.7. The molecule has 102 valence electrons. The average molecular weight is 259 g/mol. The maximum Gasteiger partial charge on any atom is 0.226 e. The zero-order chi connectivity index (χ0) is 13.7. The number of benzene rings is 1. The van der Waals surface area contributed by atoms with Gasteiger partial charge in [-0.3, -0.25) is 0 Å². The second kappa shape index (κ2) is 6.48. The number of aromatic nitrogens is 2. The van der Waals surface area contributed by atoms with Crippen LogP contribution >= 0.6 is 0 Å². The Kier molecular flexibility index (Phi) is 4.68. The van der Waals surface area contributed by atoms with E-state index >= 15 is 0 Å². The van der Waals surface area contributed by atoms with Gasteiger partial charge in [-0.05, 0) is 31.4 Å². The monoisotopic (exact) mass is 259 g/mol. The van der Waals surface area contributed by atoms with E-state index in [1.165, 1.54) is 11.1 Å². The van der Waals surface area contributed by atoms with Gasteiger partial charge >= 0.3 is 0 Å². The summed E-state index contributed by atoms with van der Waals surface area (Å²) in [6.45, 7) is 4.91. The van der Waals surface area contributed by atoms with Gasteiger partial charge in [0, 0.05) is 12.8 Å². The molecule has 0 bridgehead atoms. The van der Waals surface area contributed by atoms with E-state index in [4.69, 9.17) is 10.3 Å². The average Bonchev–Trinajstić information content (AvgIpc) is 2.83. The smallest absolute Gasteiger partial charge is 0.226 e. The normalized spacial score (nSPS) is 12.6. The topological polar surface area (TPSA) is 64.9 Å². The molecule has 1 unspecified atom stereocenters. The Hall–Kier alpha value is -1.68. The number of nitrogens with zero attached hydrogens (tertiary/aromatic N) is 2. The fourth-order valence-electron chi connectivity index (χ4n) is 1.96. The van der Waals surface area contributed by atoms with Gasteiger partial charge in [0.25, 0.3) is 0 Å². The molecule has 2 rings (SSSR count). The van der Waals surface area contributed by atoms with Gasteiger partial charge in [0.2, 0.25) is 5.89 Å². The Morgan fingerprint density at radius 3 is 2.95 bits per heavy atom.